The number of amides is 2. The number of carbonyl (C=O) groups excluding carboxylic acids is 2. The Bertz CT molecular complexity index is 881. The fraction of sp³-hybridized carbons (Fsp3) is 0.417. The van der Waals surface area contributed by atoms with Crippen LogP contribution in [0.1, 0.15) is 45.5 Å². The summed E-state index contributed by atoms with van der Waals surface area (Å²) in [5.41, 5.74) is 5.61. The third-order valence-electron chi connectivity index (χ3n) is 5.42. The van der Waals surface area contributed by atoms with E-state index in [0.717, 1.165) is 40.8 Å². The second-order valence-electron chi connectivity index (χ2n) is 7.99. The molecule has 1 aliphatic rings. The highest BCUT2D eigenvalue weighted by atomic mass is 16.5. The zero-order chi connectivity index (χ0) is 21.0. The van der Waals surface area contributed by atoms with E-state index in [1.54, 1.807) is 4.90 Å². The maximum atomic E-state index is 13.2. The van der Waals surface area contributed by atoms with Gasteiger partial charge >= 0.3 is 0 Å². The Kier molecular flexibility index (Phi) is 6.70. The van der Waals surface area contributed by atoms with E-state index in [0.29, 0.717) is 18.7 Å². The van der Waals surface area contributed by atoms with Crippen LogP contribution < -0.4 is 5.32 Å². The van der Waals surface area contributed by atoms with Gasteiger partial charge in [0.1, 0.15) is 6.54 Å². The van der Waals surface area contributed by atoms with Crippen LogP contribution in [-0.4, -0.2) is 42.5 Å². The summed E-state index contributed by atoms with van der Waals surface area (Å²) in [6, 6.07) is 11.6. The lowest BCUT2D eigenvalue weighted by molar-refractivity contribution is -0.117. The molecule has 1 N–H and O–H groups in total. The number of hydrogen-bond donors (Lipinski definition) is 1. The number of nitrogens with one attached hydrogen (secondary N) is 1. The lowest BCUT2D eigenvalue weighted by Gasteiger charge is -2.25. The summed E-state index contributed by atoms with van der Waals surface area (Å²) in [7, 11) is 0. The van der Waals surface area contributed by atoms with Gasteiger partial charge < -0.3 is 15.0 Å². The molecule has 0 bridgehead atoms. The first kappa shape index (κ1) is 21.1. The molecule has 29 heavy (non-hydrogen) atoms. The minimum Gasteiger partial charge on any atom is -0.376 e. The molecular weight excluding hydrogens is 364 g/mol. The van der Waals surface area contributed by atoms with Gasteiger partial charge in [0.15, 0.2) is 0 Å². The van der Waals surface area contributed by atoms with Gasteiger partial charge in [-0.3, -0.25) is 9.59 Å². The van der Waals surface area contributed by atoms with E-state index in [2.05, 4.69) is 5.32 Å². The number of carbonyl (C=O) groups is 2. The summed E-state index contributed by atoms with van der Waals surface area (Å²) in [4.78, 5) is 27.6. The molecule has 154 valence electrons. The zero-order valence-electron chi connectivity index (χ0n) is 17.7. The number of aryl methyl sites for hydroxylation is 3. The van der Waals surface area contributed by atoms with Crippen molar-refractivity contribution in [1.82, 2.24) is 4.90 Å². The van der Waals surface area contributed by atoms with Crippen molar-refractivity contribution in [3.63, 3.8) is 0 Å². The van der Waals surface area contributed by atoms with Crippen molar-refractivity contribution in [3.8, 4) is 0 Å². The molecular formula is C24H30N2O3. The van der Waals surface area contributed by atoms with Crippen LogP contribution in [0.4, 0.5) is 5.69 Å². The molecule has 0 radical (unpaired) electrons. The maximum absolute atomic E-state index is 13.2. The molecule has 1 unspecified atom stereocenters. The lowest BCUT2D eigenvalue weighted by Crippen LogP contribution is -2.42. The van der Waals surface area contributed by atoms with Gasteiger partial charge in [-0.2, -0.15) is 0 Å². The molecule has 0 spiro atoms. The van der Waals surface area contributed by atoms with Crippen molar-refractivity contribution in [2.24, 2.45) is 0 Å². The van der Waals surface area contributed by atoms with Crippen molar-refractivity contribution in [2.75, 3.05) is 25.0 Å². The van der Waals surface area contributed by atoms with E-state index in [1.807, 2.05) is 64.1 Å². The molecule has 3 rings (SSSR count). The molecule has 2 aromatic rings. The Morgan fingerprint density at radius 2 is 1.83 bits per heavy atom. The second kappa shape index (κ2) is 9.23. The molecule has 1 fully saturated rings. The normalized spacial score (nSPS) is 15.9. The average molecular weight is 395 g/mol. The summed E-state index contributed by atoms with van der Waals surface area (Å²) in [6.07, 6.45) is 1.89. The van der Waals surface area contributed by atoms with E-state index in [9.17, 15) is 9.59 Å². The highest BCUT2D eigenvalue weighted by Gasteiger charge is 2.25. The number of ether oxygens (including phenoxy) is 1. The monoisotopic (exact) mass is 394 g/mol. The Morgan fingerprint density at radius 1 is 1.10 bits per heavy atom. The summed E-state index contributed by atoms with van der Waals surface area (Å²) >= 11 is 0. The Hall–Kier alpha value is -2.66. The Labute approximate surface area is 173 Å². The van der Waals surface area contributed by atoms with Gasteiger partial charge in [0.2, 0.25) is 5.91 Å². The van der Waals surface area contributed by atoms with Crippen molar-refractivity contribution in [3.05, 3.63) is 64.2 Å². The van der Waals surface area contributed by atoms with Gasteiger partial charge in [0.05, 0.1) is 6.10 Å². The first-order valence-electron chi connectivity index (χ1n) is 10.2. The number of nitrogens with zero attached hydrogens (tertiary/aromatic N) is 1. The maximum Gasteiger partial charge on any atom is 0.254 e. The summed E-state index contributed by atoms with van der Waals surface area (Å²) in [5, 5.41) is 2.96. The van der Waals surface area contributed by atoms with Crippen molar-refractivity contribution >= 4 is 17.5 Å². The molecule has 2 aromatic carbocycles. The van der Waals surface area contributed by atoms with Gasteiger partial charge in [-0.1, -0.05) is 29.3 Å². The van der Waals surface area contributed by atoms with Crippen LogP contribution in [0.3, 0.4) is 0 Å². The Morgan fingerprint density at radius 3 is 2.48 bits per heavy atom. The van der Waals surface area contributed by atoms with Crippen LogP contribution >= 0.6 is 0 Å². The van der Waals surface area contributed by atoms with E-state index >= 15 is 0 Å². The zero-order valence-corrected chi connectivity index (χ0v) is 17.7. The molecule has 5 nitrogen and oxygen atoms in total. The quantitative estimate of drug-likeness (QED) is 0.800. The predicted octanol–water partition coefficient (Wildman–Crippen LogP) is 4.18. The summed E-state index contributed by atoms with van der Waals surface area (Å²) in [6.45, 7) is 9.08. The van der Waals surface area contributed by atoms with Gasteiger partial charge in [0, 0.05) is 24.4 Å². The minimum absolute atomic E-state index is 0.000928. The van der Waals surface area contributed by atoms with Gasteiger partial charge in [-0.15, -0.1) is 0 Å². The van der Waals surface area contributed by atoms with Gasteiger partial charge in [-0.05, 0) is 69.9 Å². The minimum atomic E-state index is -0.200. The fourth-order valence-electron chi connectivity index (χ4n) is 3.78. The van der Waals surface area contributed by atoms with Crippen LogP contribution in [0.2, 0.25) is 0 Å². The van der Waals surface area contributed by atoms with Crippen molar-refractivity contribution in [1.29, 1.82) is 0 Å². The molecule has 5 heteroatoms. The predicted molar refractivity (Wildman–Crippen MR) is 115 cm³/mol. The largest absolute Gasteiger partial charge is 0.376 e. The summed E-state index contributed by atoms with van der Waals surface area (Å²) < 4.78 is 5.73. The molecule has 0 saturated carbocycles. The SMILES string of the molecule is Cc1cc(C)cc(C(=O)N(CC(=O)Nc2cccc(C)c2C)CC2CCCO2)c1. The van der Waals surface area contributed by atoms with Crippen molar-refractivity contribution < 1.29 is 14.3 Å². The van der Waals surface area contributed by atoms with Crippen LogP contribution in [0, 0.1) is 27.7 Å². The molecule has 1 saturated heterocycles. The lowest BCUT2D eigenvalue weighted by atomic mass is 10.1. The second-order valence-corrected chi connectivity index (χ2v) is 7.99. The van der Waals surface area contributed by atoms with E-state index in [-0.39, 0.29) is 24.5 Å². The number of anilines is 1. The molecule has 0 aromatic heterocycles. The first-order chi connectivity index (χ1) is 13.8. The first-order valence-corrected chi connectivity index (χ1v) is 10.2. The number of benzene rings is 2. The van der Waals surface area contributed by atoms with Gasteiger partial charge in [0.25, 0.3) is 5.91 Å². The van der Waals surface area contributed by atoms with Crippen LogP contribution in [-0.2, 0) is 9.53 Å². The summed E-state index contributed by atoms with van der Waals surface area (Å²) in [5.74, 6) is -0.335. The van der Waals surface area contributed by atoms with Gasteiger partial charge in [-0.25, -0.2) is 0 Å². The average Bonchev–Trinajstić information content (AvgIpc) is 3.16. The molecule has 1 heterocycles. The smallest absolute Gasteiger partial charge is 0.254 e. The van der Waals surface area contributed by atoms with E-state index in [1.165, 1.54) is 0 Å². The molecule has 1 atom stereocenters. The third-order valence-corrected chi connectivity index (χ3v) is 5.42. The molecule has 0 aliphatic carbocycles. The highest BCUT2D eigenvalue weighted by Crippen LogP contribution is 2.19. The highest BCUT2D eigenvalue weighted by molar-refractivity contribution is 5.99. The Balaban J connectivity index is 1.78. The van der Waals surface area contributed by atoms with Crippen molar-refractivity contribution in [2.45, 2.75) is 46.6 Å². The number of hydrogen-bond acceptors (Lipinski definition) is 3. The van der Waals surface area contributed by atoms with E-state index < -0.39 is 0 Å². The standard InChI is InChI=1S/C24H30N2O3/c1-16-11-17(2)13-20(12-16)24(28)26(14-21-8-6-10-29-21)15-23(27)25-22-9-5-7-18(3)19(22)4/h5,7,9,11-13,21H,6,8,10,14-15H2,1-4H3,(H,25,27). The van der Waals surface area contributed by atoms with E-state index in [4.69, 9.17) is 4.74 Å². The molecule has 1 aliphatic heterocycles. The van der Waals surface area contributed by atoms with Crippen LogP contribution in [0.5, 0.6) is 0 Å². The fourth-order valence-corrected chi connectivity index (χ4v) is 3.78. The van der Waals surface area contributed by atoms with Crippen LogP contribution in [0.25, 0.3) is 0 Å². The third kappa shape index (κ3) is 5.45. The molecule has 2 amide bonds. The topological polar surface area (TPSA) is 58.6 Å². The number of rotatable bonds is 6. The van der Waals surface area contributed by atoms with Crippen LogP contribution in [0.15, 0.2) is 36.4 Å².